The van der Waals surface area contributed by atoms with E-state index in [0.29, 0.717) is 24.8 Å². The number of hydrogen-bond acceptors (Lipinski definition) is 4. The van der Waals surface area contributed by atoms with Gasteiger partial charge in [0.25, 0.3) is 5.56 Å². The minimum Gasteiger partial charge on any atom is -0.326 e. The van der Waals surface area contributed by atoms with E-state index in [-0.39, 0.29) is 5.56 Å². The Kier molecular flexibility index (Phi) is 4.75. The van der Waals surface area contributed by atoms with Gasteiger partial charge in [0.15, 0.2) is 5.82 Å². The number of anilines is 2. The Balaban J connectivity index is 2.39. The molecule has 0 saturated carbocycles. The van der Waals surface area contributed by atoms with E-state index in [2.05, 4.69) is 18.8 Å². The van der Waals surface area contributed by atoms with Gasteiger partial charge in [0.1, 0.15) is 0 Å². The summed E-state index contributed by atoms with van der Waals surface area (Å²) in [6.07, 6.45) is 3.40. The van der Waals surface area contributed by atoms with Gasteiger partial charge in [-0.1, -0.05) is 26.0 Å². The van der Waals surface area contributed by atoms with Gasteiger partial charge in [-0.3, -0.25) is 4.79 Å². The SMILES string of the molecule is CC(C)Cn1ccnc(N(C)c2cccc(CN)c2)c1=O. The lowest BCUT2D eigenvalue weighted by molar-refractivity contribution is 0.509. The van der Waals surface area contributed by atoms with Gasteiger partial charge in [-0.05, 0) is 23.6 Å². The van der Waals surface area contributed by atoms with Crippen molar-refractivity contribution in [3.05, 3.63) is 52.6 Å². The molecule has 1 heterocycles. The minimum absolute atomic E-state index is 0.0770. The standard InChI is InChI=1S/C16H22N4O/c1-12(2)11-20-8-7-18-15(16(20)21)19(3)14-6-4-5-13(9-14)10-17/h4-9,12H,10-11,17H2,1-3H3. The zero-order valence-electron chi connectivity index (χ0n) is 12.8. The molecule has 0 fully saturated rings. The summed E-state index contributed by atoms with van der Waals surface area (Å²) in [6, 6.07) is 7.82. The average molecular weight is 286 g/mol. The minimum atomic E-state index is -0.0770. The zero-order chi connectivity index (χ0) is 15.4. The highest BCUT2D eigenvalue weighted by Gasteiger charge is 2.12. The van der Waals surface area contributed by atoms with Crippen LogP contribution >= 0.6 is 0 Å². The van der Waals surface area contributed by atoms with E-state index in [4.69, 9.17) is 5.73 Å². The largest absolute Gasteiger partial charge is 0.326 e. The Morgan fingerprint density at radius 1 is 1.38 bits per heavy atom. The van der Waals surface area contributed by atoms with Crippen LogP contribution in [0.25, 0.3) is 0 Å². The predicted molar refractivity (Wildman–Crippen MR) is 85.7 cm³/mol. The van der Waals surface area contributed by atoms with Crippen molar-refractivity contribution in [2.45, 2.75) is 26.9 Å². The monoisotopic (exact) mass is 286 g/mol. The molecule has 2 rings (SSSR count). The normalized spacial score (nSPS) is 10.9. The third kappa shape index (κ3) is 3.49. The van der Waals surface area contributed by atoms with E-state index in [9.17, 15) is 4.79 Å². The summed E-state index contributed by atoms with van der Waals surface area (Å²) < 4.78 is 1.70. The van der Waals surface area contributed by atoms with Crippen molar-refractivity contribution in [3.63, 3.8) is 0 Å². The second-order valence-electron chi connectivity index (χ2n) is 5.54. The molecule has 2 aromatic rings. The molecule has 1 aromatic carbocycles. The number of benzene rings is 1. The third-order valence-electron chi connectivity index (χ3n) is 3.31. The maximum Gasteiger partial charge on any atom is 0.293 e. The van der Waals surface area contributed by atoms with Crippen LogP contribution < -0.4 is 16.2 Å². The average Bonchev–Trinajstić information content (AvgIpc) is 2.48. The van der Waals surface area contributed by atoms with Crippen LogP contribution in [0.15, 0.2) is 41.5 Å². The first kappa shape index (κ1) is 15.3. The van der Waals surface area contributed by atoms with Crippen LogP contribution in [0.2, 0.25) is 0 Å². The smallest absolute Gasteiger partial charge is 0.293 e. The maximum absolute atomic E-state index is 12.5. The molecule has 112 valence electrons. The van der Waals surface area contributed by atoms with Crippen LogP contribution in [-0.4, -0.2) is 16.6 Å². The molecule has 0 bridgehead atoms. The first-order valence-electron chi connectivity index (χ1n) is 7.11. The summed E-state index contributed by atoms with van der Waals surface area (Å²) in [4.78, 5) is 18.6. The van der Waals surface area contributed by atoms with E-state index < -0.39 is 0 Å². The van der Waals surface area contributed by atoms with Gasteiger partial charge in [0, 0.05) is 38.2 Å². The van der Waals surface area contributed by atoms with Crippen LogP contribution in [0.3, 0.4) is 0 Å². The molecule has 5 heteroatoms. The fraction of sp³-hybridized carbons (Fsp3) is 0.375. The molecule has 0 aliphatic rings. The molecule has 21 heavy (non-hydrogen) atoms. The third-order valence-corrected chi connectivity index (χ3v) is 3.31. The Morgan fingerprint density at radius 2 is 2.14 bits per heavy atom. The molecule has 2 N–H and O–H groups in total. The maximum atomic E-state index is 12.5. The number of nitrogens with zero attached hydrogens (tertiary/aromatic N) is 3. The Morgan fingerprint density at radius 3 is 2.81 bits per heavy atom. The molecule has 0 radical (unpaired) electrons. The second kappa shape index (κ2) is 6.54. The zero-order valence-corrected chi connectivity index (χ0v) is 12.8. The van der Waals surface area contributed by atoms with Crippen molar-refractivity contribution in [2.75, 3.05) is 11.9 Å². The summed E-state index contributed by atoms with van der Waals surface area (Å²) in [7, 11) is 1.85. The van der Waals surface area contributed by atoms with E-state index in [1.165, 1.54) is 0 Å². The van der Waals surface area contributed by atoms with Gasteiger partial charge in [0.2, 0.25) is 0 Å². The highest BCUT2D eigenvalue weighted by molar-refractivity contribution is 5.59. The van der Waals surface area contributed by atoms with Crippen LogP contribution in [-0.2, 0) is 13.1 Å². The lowest BCUT2D eigenvalue weighted by Crippen LogP contribution is -2.29. The van der Waals surface area contributed by atoms with E-state index >= 15 is 0 Å². The van der Waals surface area contributed by atoms with Crippen LogP contribution in [0.1, 0.15) is 19.4 Å². The highest BCUT2D eigenvalue weighted by atomic mass is 16.1. The van der Waals surface area contributed by atoms with Crippen molar-refractivity contribution >= 4 is 11.5 Å². The Labute approximate surface area is 125 Å². The fourth-order valence-corrected chi connectivity index (χ4v) is 2.22. The van der Waals surface area contributed by atoms with Gasteiger partial charge in [-0.15, -0.1) is 0 Å². The van der Waals surface area contributed by atoms with Crippen molar-refractivity contribution in [3.8, 4) is 0 Å². The van der Waals surface area contributed by atoms with E-state index in [1.807, 2.05) is 31.3 Å². The molecule has 0 amide bonds. The van der Waals surface area contributed by atoms with Gasteiger partial charge in [-0.25, -0.2) is 4.98 Å². The van der Waals surface area contributed by atoms with Gasteiger partial charge >= 0.3 is 0 Å². The van der Waals surface area contributed by atoms with Crippen molar-refractivity contribution in [1.82, 2.24) is 9.55 Å². The fourth-order valence-electron chi connectivity index (χ4n) is 2.22. The van der Waals surface area contributed by atoms with Crippen LogP contribution in [0.5, 0.6) is 0 Å². The molecule has 0 saturated heterocycles. The van der Waals surface area contributed by atoms with Gasteiger partial charge in [-0.2, -0.15) is 0 Å². The number of nitrogens with two attached hydrogens (primary N) is 1. The summed E-state index contributed by atoms with van der Waals surface area (Å²) in [5, 5.41) is 0. The molecule has 0 aliphatic heterocycles. The van der Waals surface area contributed by atoms with Gasteiger partial charge in [0.05, 0.1) is 0 Å². The first-order valence-corrected chi connectivity index (χ1v) is 7.11. The molecular formula is C16H22N4O. The summed E-state index contributed by atoms with van der Waals surface area (Å²) >= 11 is 0. The van der Waals surface area contributed by atoms with Crippen LogP contribution in [0, 0.1) is 5.92 Å². The molecule has 0 aliphatic carbocycles. The number of aromatic nitrogens is 2. The Bertz CT molecular complexity index is 663. The number of hydrogen-bond donors (Lipinski definition) is 1. The first-order chi connectivity index (χ1) is 10.0. The molecule has 0 atom stereocenters. The highest BCUT2D eigenvalue weighted by Crippen LogP contribution is 2.19. The lowest BCUT2D eigenvalue weighted by atomic mass is 10.2. The van der Waals surface area contributed by atoms with Gasteiger partial charge < -0.3 is 15.2 Å². The Hall–Kier alpha value is -2.14. The van der Waals surface area contributed by atoms with Crippen molar-refractivity contribution in [2.24, 2.45) is 11.7 Å². The summed E-state index contributed by atoms with van der Waals surface area (Å²) in [5.74, 6) is 0.830. The van der Waals surface area contributed by atoms with E-state index in [0.717, 1.165) is 11.3 Å². The van der Waals surface area contributed by atoms with Crippen molar-refractivity contribution < 1.29 is 0 Å². The molecular weight excluding hydrogens is 264 g/mol. The molecule has 0 unspecified atom stereocenters. The number of rotatable bonds is 5. The molecule has 0 spiro atoms. The predicted octanol–water partition coefficient (Wildman–Crippen LogP) is 2.13. The summed E-state index contributed by atoms with van der Waals surface area (Å²) in [5.41, 5.74) is 7.52. The topological polar surface area (TPSA) is 64.2 Å². The van der Waals surface area contributed by atoms with E-state index in [1.54, 1.807) is 21.9 Å². The second-order valence-corrected chi connectivity index (χ2v) is 5.54. The molecule has 1 aromatic heterocycles. The van der Waals surface area contributed by atoms with Crippen molar-refractivity contribution in [1.29, 1.82) is 0 Å². The lowest BCUT2D eigenvalue weighted by Gasteiger charge is -2.19. The molecule has 5 nitrogen and oxygen atoms in total. The quantitative estimate of drug-likeness (QED) is 0.914. The van der Waals surface area contributed by atoms with Crippen LogP contribution in [0.4, 0.5) is 11.5 Å². The summed E-state index contributed by atoms with van der Waals surface area (Å²) in [6.45, 7) is 5.33.